The number of nitro groups is 1. The van der Waals surface area contributed by atoms with E-state index in [2.05, 4.69) is 0 Å². The summed E-state index contributed by atoms with van der Waals surface area (Å²) in [6, 6.07) is 3.08. The molecule has 0 bridgehead atoms. The van der Waals surface area contributed by atoms with Gasteiger partial charge in [0.2, 0.25) is 10.0 Å². The molecule has 1 aliphatic rings. The monoisotopic (exact) mass is 362 g/mol. The van der Waals surface area contributed by atoms with Gasteiger partial charge in [-0.1, -0.05) is 13.0 Å². The highest BCUT2D eigenvalue weighted by Crippen LogP contribution is 2.28. The van der Waals surface area contributed by atoms with Gasteiger partial charge in [0.1, 0.15) is 0 Å². The zero-order valence-electron chi connectivity index (χ0n) is 12.8. The second-order valence-electron chi connectivity index (χ2n) is 5.47. The first kappa shape index (κ1) is 17.8. The van der Waals surface area contributed by atoms with Gasteiger partial charge in [-0.15, -0.1) is 0 Å². The molecule has 0 radical (unpaired) electrons. The van der Waals surface area contributed by atoms with Crippen LogP contribution < -0.4 is 0 Å². The molecule has 1 heterocycles. The Morgan fingerprint density at radius 2 is 2.04 bits per heavy atom. The minimum absolute atomic E-state index is 0.0439. The van der Waals surface area contributed by atoms with Crippen LogP contribution in [0.5, 0.6) is 0 Å². The average molecular weight is 362 g/mol. The zero-order chi connectivity index (χ0) is 17.4. The van der Waals surface area contributed by atoms with Gasteiger partial charge < -0.3 is 0 Å². The molecule has 1 aliphatic heterocycles. The molecule has 0 spiro atoms. The van der Waals surface area contributed by atoms with Crippen LogP contribution in [0.25, 0.3) is 0 Å². The lowest BCUT2D eigenvalue weighted by molar-refractivity contribution is -0.385. The van der Waals surface area contributed by atoms with Crippen LogP contribution in [-0.2, 0) is 19.9 Å². The molecule has 2 rings (SSSR count). The maximum absolute atomic E-state index is 12.8. The molecule has 8 nitrogen and oxygen atoms in total. The highest BCUT2D eigenvalue weighted by molar-refractivity contribution is 7.92. The smallest absolute Gasteiger partial charge is 0.258 e. The van der Waals surface area contributed by atoms with Gasteiger partial charge in [-0.25, -0.2) is 16.8 Å². The molecule has 23 heavy (non-hydrogen) atoms. The number of nitro benzene ring substituents is 1. The summed E-state index contributed by atoms with van der Waals surface area (Å²) in [5.41, 5.74) is 0.0848. The number of rotatable bonds is 5. The lowest BCUT2D eigenvalue weighted by Gasteiger charge is -2.25. The van der Waals surface area contributed by atoms with Crippen molar-refractivity contribution in [1.29, 1.82) is 0 Å². The SMILES string of the molecule is CCN([C@@H]1CCS(=O)(=O)C1)S(=O)(=O)c1ccc(C)c([N+](=O)[O-])c1. The molecule has 128 valence electrons. The van der Waals surface area contributed by atoms with Crippen molar-refractivity contribution >= 4 is 25.5 Å². The summed E-state index contributed by atoms with van der Waals surface area (Å²) in [7, 11) is -7.23. The fourth-order valence-corrected chi connectivity index (χ4v) is 6.22. The predicted molar refractivity (Wildman–Crippen MR) is 84.5 cm³/mol. The quantitative estimate of drug-likeness (QED) is 0.572. The minimum atomic E-state index is -3.99. The molecule has 0 aromatic heterocycles. The van der Waals surface area contributed by atoms with Crippen molar-refractivity contribution in [2.24, 2.45) is 0 Å². The van der Waals surface area contributed by atoms with E-state index in [1.54, 1.807) is 6.92 Å². The van der Waals surface area contributed by atoms with Crippen molar-refractivity contribution in [2.45, 2.75) is 31.2 Å². The van der Waals surface area contributed by atoms with E-state index in [1.807, 2.05) is 0 Å². The molecule has 0 N–H and O–H groups in total. The molecule has 0 saturated carbocycles. The van der Waals surface area contributed by atoms with Crippen LogP contribution in [0, 0.1) is 17.0 Å². The van der Waals surface area contributed by atoms with E-state index in [4.69, 9.17) is 0 Å². The van der Waals surface area contributed by atoms with Gasteiger partial charge in [0.15, 0.2) is 9.84 Å². The van der Waals surface area contributed by atoms with Crippen LogP contribution in [0.1, 0.15) is 18.9 Å². The van der Waals surface area contributed by atoms with Crippen molar-refractivity contribution in [3.05, 3.63) is 33.9 Å². The van der Waals surface area contributed by atoms with Crippen LogP contribution in [0.2, 0.25) is 0 Å². The largest absolute Gasteiger partial charge is 0.273 e. The first-order chi connectivity index (χ1) is 10.6. The van der Waals surface area contributed by atoms with Gasteiger partial charge in [-0.05, 0) is 19.4 Å². The van der Waals surface area contributed by atoms with E-state index in [-0.39, 0.29) is 35.1 Å². The molecular formula is C13H18N2O6S2. The maximum Gasteiger partial charge on any atom is 0.273 e. The van der Waals surface area contributed by atoms with Gasteiger partial charge in [0.25, 0.3) is 5.69 Å². The van der Waals surface area contributed by atoms with E-state index in [0.717, 1.165) is 10.4 Å². The highest BCUT2D eigenvalue weighted by atomic mass is 32.2. The fraction of sp³-hybridized carbons (Fsp3) is 0.538. The summed E-state index contributed by atoms with van der Waals surface area (Å²) in [5.74, 6) is -0.258. The number of sulfone groups is 1. The second kappa shape index (κ2) is 6.17. The Kier molecular flexibility index (Phi) is 4.79. The predicted octanol–water partition coefficient (Wildman–Crippen LogP) is 1.10. The van der Waals surface area contributed by atoms with Gasteiger partial charge in [0.05, 0.1) is 21.3 Å². The van der Waals surface area contributed by atoms with E-state index < -0.39 is 30.8 Å². The third-order valence-electron chi connectivity index (χ3n) is 3.91. The van der Waals surface area contributed by atoms with Crippen LogP contribution in [0.4, 0.5) is 5.69 Å². The van der Waals surface area contributed by atoms with Gasteiger partial charge in [-0.3, -0.25) is 10.1 Å². The summed E-state index contributed by atoms with van der Waals surface area (Å²) >= 11 is 0. The molecule has 1 aromatic rings. The number of aryl methyl sites for hydroxylation is 1. The van der Waals surface area contributed by atoms with E-state index in [0.29, 0.717) is 5.56 Å². The molecule has 10 heteroatoms. The zero-order valence-corrected chi connectivity index (χ0v) is 14.4. The first-order valence-electron chi connectivity index (χ1n) is 7.06. The number of sulfonamides is 1. The second-order valence-corrected chi connectivity index (χ2v) is 9.59. The summed E-state index contributed by atoms with van der Waals surface area (Å²) in [4.78, 5) is 10.2. The molecule has 1 saturated heterocycles. The Hall–Kier alpha value is -1.52. The highest BCUT2D eigenvalue weighted by Gasteiger charge is 2.38. The van der Waals surface area contributed by atoms with E-state index in [1.165, 1.54) is 19.1 Å². The third kappa shape index (κ3) is 3.54. The van der Waals surface area contributed by atoms with Gasteiger partial charge >= 0.3 is 0 Å². The Morgan fingerprint density at radius 1 is 1.39 bits per heavy atom. The van der Waals surface area contributed by atoms with Gasteiger partial charge in [0, 0.05) is 24.2 Å². The molecular weight excluding hydrogens is 344 g/mol. The summed E-state index contributed by atoms with van der Waals surface area (Å²) < 4.78 is 49.8. The molecule has 1 aromatic carbocycles. The van der Waals surface area contributed by atoms with Crippen molar-refractivity contribution in [3.63, 3.8) is 0 Å². The van der Waals surface area contributed by atoms with Gasteiger partial charge in [-0.2, -0.15) is 4.31 Å². The van der Waals surface area contributed by atoms with Crippen molar-refractivity contribution < 1.29 is 21.8 Å². The number of hydrogen-bond acceptors (Lipinski definition) is 6. The summed E-state index contributed by atoms with van der Waals surface area (Å²) in [6.45, 7) is 3.24. The van der Waals surface area contributed by atoms with Crippen molar-refractivity contribution in [3.8, 4) is 0 Å². The first-order valence-corrected chi connectivity index (χ1v) is 10.3. The van der Waals surface area contributed by atoms with E-state index in [9.17, 15) is 26.9 Å². The third-order valence-corrected chi connectivity index (χ3v) is 7.69. The van der Waals surface area contributed by atoms with Crippen LogP contribution in [0.15, 0.2) is 23.1 Å². The number of benzene rings is 1. The molecule has 0 aliphatic carbocycles. The van der Waals surface area contributed by atoms with E-state index >= 15 is 0 Å². The maximum atomic E-state index is 12.8. The average Bonchev–Trinajstić information content (AvgIpc) is 2.79. The molecule has 0 unspecified atom stereocenters. The van der Waals surface area contributed by atoms with Crippen LogP contribution in [-0.4, -0.2) is 50.2 Å². The summed E-state index contributed by atoms with van der Waals surface area (Å²) in [5, 5.41) is 11.0. The Balaban J connectivity index is 2.44. The van der Waals surface area contributed by atoms with Crippen LogP contribution >= 0.6 is 0 Å². The Morgan fingerprint density at radius 3 is 2.52 bits per heavy atom. The molecule has 0 amide bonds. The fourth-order valence-electron chi connectivity index (χ4n) is 2.71. The lowest BCUT2D eigenvalue weighted by Crippen LogP contribution is -2.40. The number of nitrogens with zero attached hydrogens (tertiary/aromatic N) is 2. The Bertz CT molecular complexity index is 832. The van der Waals surface area contributed by atoms with Crippen LogP contribution in [0.3, 0.4) is 0 Å². The standard InChI is InChI=1S/C13H18N2O6S2/c1-3-14(11-6-7-22(18,19)9-11)23(20,21)12-5-4-10(2)13(8-12)15(16)17/h4-5,8,11H,3,6-7,9H2,1-2H3/t11-/m1/s1. The number of hydrogen-bond donors (Lipinski definition) is 0. The minimum Gasteiger partial charge on any atom is -0.258 e. The lowest BCUT2D eigenvalue weighted by atomic mass is 10.2. The normalized spacial score (nSPS) is 20.7. The summed E-state index contributed by atoms with van der Waals surface area (Å²) in [6.07, 6.45) is 0.239. The topological polar surface area (TPSA) is 115 Å². The molecule has 1 atom stereocenters. The Labute approximate surface area is 135 Å². The molecule has 1 fully saturated rings. The van der Waals surface area contributed by atoms with Crippen molar-refractivity contribution in [1.82, 2.24) is 4.31 Å². The van der Waals surface area contributed by atoms with Crippen molar-refractivity contribution in [2.75, 3.05) is 18.1 Å².